The Hall–Kier alpha value is -0.660. The zero-order valence-corrected chi connectivity index (χ0v) is 12.1. The first kappa shape index (κ1) is 25.6. The fourth-order valence-electron chi connectivity index (χ4n) is 1.16. The average Bonchev–Trinajstić information content (AvgIpc) is 2.34. The van der Waals surface area contributed by atoms with E-state index < -0.39 is 48.9 Å². The maximum atomic E-state index is 13.0. The molecule has 0 aliphatic rings. The molecular weight excluding hydrogens is 405 g/mol. The molecule has 0 saturated heterocycles. The Labute approximate surface area is 132 Å². The molecule has 1 nitrogen and oxygen atoms in total. The monoisotopic (exact) mass is 413 g/mol. The van der Waals surface area contributed by atoms with Crippen molar-refractivity contribution in [2.75, 3.05) is 6.54 Å². The summed E-state index contributed by atoms with van der Waals surface area (Å²) >= 11 is 0. The summed E-state index contributed by atoms with van der Waals surface area (Å²) in [7, 11) is 0. The number of alkyl halides is 13. The maximum Gasteiger partial charge on any atom is 0.460 e. The molecule has 0 fully saturated rings. The molecule has 24 heavy (non-hydrogen) atoms. The first-order valence-corrected chi connectivity index (χ1v) is 5.52. The standard InChI is InChI=1S/C9H8F13N.ClH/c1-2-3-23-9(21,22)7(16,17)5(12,13)4(10,11)6(14,15)8(18,19)20;/h23H,2-3H2,1H3;1H. The van der Waals surface area contributed by atoms with E-state index in [-0.39, 0.29) is 12.4 Å². The van der Waals surface area contributed by atoms with Gasteiger partial charge < -0.3 is 0 Å². The van der Waals surface area contributed by atoms with Gasteiger partial charge in [0.15, 0.2) is 0 Å². The van der Waals surface area contributed by atoms with E-state index in [1.165, 1.54) is 0 Å². The third kappa shape index (κ3) is 3.63. The average molecular weight is 414 g/mol. The van der Waals surface area contributed by atoms with Crippen LogP contribution in [0.5, 0.6) is 0 Å². The van der Waals surface area contributed by atoms with Crippen LogP contribution in [0.25, 0.3) is 0 Å². The maximum absolute atomic E-state index is 13.0. The van der Waals surface area contributed by atoms with Gasteiger partial charge in [0.1, 0.15) is 0 Å². The molecule has 0 heterocycles. The van der Waals surface area contributed by atoms with Crippen molar-refractivity contribution in [3.8, 4) is 0 Å². The van der Waals surface area contributed by atoms with Gasteiger partial charge in [-0.25, -0.2) is 0 Å². The number of nitrogens with one attached hydrogen (secondary N) is 1. The van der Waals surface area contributed by atoms with Gasteiger partial charge in [0, 0.05) is 6.54 Å². The molecule has 0 aliphatic carbocycles. The molecule has 0 spiro atoms. The largest absolute Gasteiger partial charge is 0.460 e. The smallest absolute Gasteiger partial charge is 0.253 e. The van der Waals surface area contributed by atoms with Crippen LogP contribution in [0.4, 0.5) is 57.1 Å². The topological polar surface area (TPSA) is 12.0 Å². The van der Waals surface area contributed by atoms with Gasteiger partial charge >= 0.3 is 35.9 Å². The molecule has 0 aromatic carbocycles. The van der Waals surface area contributed by atoms with Crippen LogP contribution in [0, 0.1) is 0 Å². The van der Waals surface area contributed by atoms with Crippen molar-refractivity contribution < 1.29 is 57.1 Å². The lowest BCUT2D eigenvalue weighted by Crippen LogP contribution is -2.72. The molecule has 0 bridgehead atoms. The van der Waals surface area contributed by atoms with Crippen molar-refractivity contribution >= 4 is 12.4 Å². The highest BCUT2D eigenvalue weighted by atomic mass is 35.5. The van der Waals surface area contributed by atoms with Gasteiger partial charge in [0.25, 0.3) is 0 Å². The third-order valence-electron chi connectivity index (χ3n) is 2.53. The van der Waals surface area contributed by atoms with Crippen molar-refractivity contribution in [1.29, 1.82) is 0 Å². The lowest BCUT2D eigenvalue weighted by atomic mass is 9.96. The van der Waals surface area contributed by atoms with E-state index in [0.717, 1.165) is 6.92 Å². The molecule has 0 rings (SSSR count). The van der Waals surface area contributed by atoms with Gasteiger partial charge in [0.05, 0.1) is 0 Å². The van der Waals surface area contributed by atoms with Gasteiger partial charge in [-0.1, -0.05) is 6.92 Å². The number of hydrogen-bond acceptors (Lipinski definition) is 1. The molecule has 148 valence electrons. The van der Waals surface area contributed by atoms with E-state index >= 15 is 0 Å². The minimum absolute atomic E-state index is 0. The minimum atomic E-state index is -7.85. The van der Waals surface area contributed by atoms with Crippen molar-refractivity contribution in [2.24, 2.45) is 0 Å². The molecule has 0 aliphatic heterocycles. The molecule has 15 heteroatoms. The van der Waals surface area contributed by atoms with Crippen LogP contribution < -0.4 is 5.32 Å². The summed E-state index contributed by atoms with van der Waals surface area (Å²) in [4.78, 5) is 0. The molecule has 0 amide bonds. The summed E-state index contributed by atoms with van der Waals surface area (Å²) in [5.74, 6) is -30.5. The summed E-state index contributed by atoms with van der Waals surface area (Å²) in [5.41, 5.74) is 0. The Balaban J connectivity index is 0. The molecule has 0 unspecified atom stereocenters. The Bertz CT molecular complexity index is 416. The second kappa shape index (κ2) is 6.92. The van der Waals surface area contributed by atoms with Crippen molar-refractivity contribution in [2.45, 2.75) is 49.3 Å². The summed E-state index contributed by atoms with van der Waals surface area (Å²) in [6.07, 6.45) is -7.78. The van der Waals surface area contributed by atoms with Gasteiger partial charge in [-0.2, -0.15) is 57.1 Å². The van der Waals surface area contributed by atoms with Crippen molar-refractivity contribution in [3.63, 3.8) is 0 Å². The van der Waals surface area contributed by atoms with Gasteiger partial charge in [0.2, 0.25) is 0 Å². The summed E-state index contributed by atoms with van der Waals surface area (Å²) < 4.78 is 163. The van der Waals surface area contributed by atoms with Crippen molar-refractivity contribution in [1.82, 2.24) is 5.32 Å². The minimum Gasteiger partial charge on any atom is -0.253 e. The summed E-state index contributed by atoms with van der Waals surface area (Å²) in [6.45, 7) is -0.0777. The van der Waals surface area contributed by atoms with E-state index in [1.807, 2.05) is 0 Å². The highest BCUT2D eigenvalue weighted by Crippen LogP contribution is 2.59. The van der Waals surface area contributed by atoms with Crippen LogP contribution in [-0.4, -0.2) is 42.5 Å². The highest BCUT2D eigenvalue weighted by molar-refractivity contribution is 5.85. The Kier molecular flexibility index (Phi) is 7.38. The molecule has 1 N–H and O–H groups in total. The normalized spacial score (nSPS) is 15.2. The number of halogens is 14. The Morgan fingerprint density at radius 1 is 0.583 bits per heavy atom. The molecule has 0 atom stereocenters. The van der Waals surface area contributed by atoms with Crippen LogP contribution in [0.1, 0.15) is 13.3 Å². The summed E-state index contributed by atoms with van der Waals surface area (Å²) in [6, 6.07) is -6.18. The van der Waals surface area contributed by atoms with Gasteiger partial charge in [-0.15, -0.1) is 12.4 Å². The fourth-order valence-corrected chi connectivity index (χ4v) is 1.16. The fraction of sp³-hybridized carbons (Fsp3) is 1.00. The van der Waals surface area contributed by atoms with Gasteiger partial charge in [-0.05, 0) is 6.42 Å². The lowest BCUT2D eigenvalue weighted by molar-refractivity contribution is -0.442. The van der Waals surface area contributed by atoms with E-state index in [1.54, 1.807) is 0 Å². The number of hydrogen-bond donors (Lipinski definition) is 1. The molecule has 0 saturated carbocycles. The second-order valence-corrected chi connectivity index (χ2v) is 4.30. The Morgan fingerprint density at radius 3 is 1.21 bits per heavy atom. The quantitative estimate of drug-likeness (QED) is 0.452. The Morgan fingerprint density at radius 2 is 0.917 bits per heavy atom. The number of rotatable bonds is 7. The summed E-state index contributed by atoms with van der Waals surface area (Å²) in [5, 5.41) is 0.395. The van der Waals surface area contributed by atoms with E-state index in [0.29, 0.717) is 5.32 Å². The second-order valence-electron chi connectivity index (χ2n) is 4.30. The van der Waals surface area contributed by atoms with Crippen LogP contribution in [0.3, 0.4) is 0 Å². The van der Waals surface area contributed by atoms with Crippen LogP contribution >= 0.6 is 12.4 Å². The predicted molar refractivity (Wildman–Crippen MR) is 56.3 cm³/mol. The zero-order valence-electron chi connectivity index (χ0n) is 11.2. The first-order chi connectivity index (χ1) is 9.81. The van der Waals surface area contributed by atoms with E-state index in [4.69, 9.17) is 0 Å². The molecular formula is C9H9ClF13N. The van der Waals surface area contributed by atoms with E-state index in [9.17, 15) is 57.1 Å². The van der Waals surface area contributed by atoms with Crippen LogP contribution in [-0.2, 0) is 0 Å². The highest BCUT2D eigenvalue weighted by Gasteiger charge is 2.90. The first-order valence-electron chi connectivity index (χ1n) is 5.52. The lowest BCUT2D eigenvalue weighted by Gasteiger charge is -2.39. The molecule has 0 radical (unpaired) electrons. The molecule has 0 aromatic rings. The zero-order chi connectivity index (χ0) is 19.1. The molecule has 0 aromatic heterocycles. The van der Waals surface area contributed by atoms with Crippen molar-refractivity contribution in [3.05, 3.63) is 0 Å². The van der Waals surface area contributed by atoms with Crippen LogP contribution in [0.15, 0.2) is 0 Å². The predicted octanol–water partition coefficient (Wildman–Crippen LogP) is 5.10. The third-order valence-corrected chi connectivity index (χ3v) is 2.53. The van der Waals surface area contributed by atoms with Gasteiger partial charge in [-0.3, -0.25) is 5.32 Å². The van der Waals surface area contributed by atoms with Crippen LogP contribution in [0.2, 0.25) is 0 Å². The van der Waals surface area contributed by atoms with E-state index in [2.05, 4.69) is 0 Å². The SMILES string of the molecule is CCCNC(F)(F)C(F)(F)C(F)(F)C(F)(F)C(F)(F)C(F)(F)F.Cl.